The lowest BCUT2D eigenvalue weighted by atomic mass is 10.0. The second kappa shape index (κ2) is 8.75. The molecule has 2 atom stereocenters. The number of benzene rings is 1. The molecule has 1 aliphatic rings. The van der Waals surface area contributed by atoms with E-state index in [0.717, 1.165) is 25.0 Å². The molecule has 0 spiro atoms. The Bertz CT molecular complexity index is 946. The topological polar surface area (TPSA) is 136 Å². The summed E-state index contributed by atoms with van der Waals surface area (Å²) in [6, 6.07) is 6.14. The maximum Gasteiger partial charge on any atom is 0.407 e. The van der Waals surface area contributed by atoms with Crippen LogP contribution in [0.2, 0.25) is 0 Å². The van der Waals surface area contributed by atoms with E-state index in [0.29, 0.717) is 11.5 Å². The summed E-state index contributed by atoms with van der Waals surface area (Å²) in [5, 5.41) is 11.1. The van der Waals surface area contributed by atoms with Crippen LogP contribution in [0.5, 0.6) is 0 Å². The predicted octanol–water partition coefficient (Wildman–Crippen LogP) is 2.64. The average Bonchev–Trinajstić information content (AvgIpc) is 3.09. The Morgan fingerprint density at radius 3 is 2.48 bits per heavy atom. The van der Waals surface area contributed by atoms with Gasteiger partial charge < -0.3 is 15.4 Å². The summed E-state index contributed by atoms with van der Waals surface area (Å²) in [6.45, 7) is 3.63. The van der Waals surface area contributed by atoms with Gasteiger partial charge in [-0.25, -0.2) is 23.3 Å². The number of anilines is 2. The van der Waals surface area contributed by atoms with Gasteiger partial charge in [0.05, 0.1) is 29.1 Å². The van der Waals surface area contributed by atoms with Crippen molar-refractivity contribution in [3.63, 3.8) is 0 Å². The predicted molar refractivity (Wildman–Crippen MR) is 108 cm³/mol. The van der Waals surface area contributed by atoms with Crippen LogP contribution in [0, 0.1) is 0 Å². The molecule has 1 aliphatic carbocycles. The van der Waals surface area contributed by atoms with Crippen LogP contribution in [0.4, 0.5) is 16.3 Å². The van der Waals surface area contributed by atoms with Crippen molar-refractivity contribution in [3.8, 4) is 0 Å². The van der Waals surface area contributed by atoms with Crippen LogP contribution in [-0.4, -0.2) is 36.6 Å². The SMILES string of the molecule is CC(C)OC(=O)N[C@H]1CC[C@@H](c2cnc(Nc3ccc(S(N)(=O)=O)cc3)cn2)C1. The number of amides is 1. The van der Waals surface area contributed by atoms with E-state index < -0.39 is 10.0 Å². The monoisotopic (exact) mass is 419 g/mol. The zero-order valence-corrected chi connectivity index (χ0v) is 17.1. The molecule has 29 heavy (non-hydrogen) atoms. The van der Waals surface area contributed by atoms with Gasteiger partial charge >= 0.3 is 6.09 Å². The van der Waals surface area contributed by atoms with Crippen LogP contribution in [0.15, 0.2) is 41.6 Å². The quantitative estimate of drug-likeness (QED) is 0.654. The molecular weight excluding hydrogens is 394 g/mol. The van der Waals surface area contributed by atoms with E-state index in [1.807, 2.05) is 13.8 Å². The first-order valence-electron chi connectivity index (χ1n) is 9.39. The average molecular weight is 420 g/mol. The number of ether oxygens (including phenoxy) is 1. The molecule has 156 valence electrons. The first kappa shape index (κ1) is 21.0. The molecule has 0 radical (unpaired) electrons. The van der Waals surface area contributed by atoms with Crippen LogP contribution in [0.25, 0.3) is 0 Å². The summed E-state index contributed by atoms with van der Waals surface area (Å²) < 4.78 is 27.7. The number of nitrogens with one attached hydrogen (secondary N) is 2. The van der Waals surface area contributed by atoms with Gasteiger partial charge in [-0.2, -0.15) is 0 Å². The van der Waals surface area contributed by atoms with Crippen molar-refractivity contribution in [1.82, 2.24) is 15.3 Å². The minimum atomic E-state index is -3.72. The molecule has 4 N–H and O–H groups in total. The third-order valence-corrected chi connectivity index (χ3v) is 5.57. The number of carbonyl (C=O) groups excluding carboxylic acids is 1. The first-order chi connectivity index (χ1) is 13.7. The number of primary sulfonamides is 1. The summed E-state index contributed by atoms with van der Waals surface area (Å²) >= 11 is 0. The summed E-state index contributed by atoms with van der Waals surface area (Å²) in [4.78, 5) is 20.7. The van der Waals surface area contributed by atoms with Gasteiger partial charge in [0.25, 0.3) is 0 Å². The smallest absolute Gasteiger partial charge is 0.407 e. The van der Waals surface area contributed by atoms with Gasteiger partial charge in [0.15, 0.2) is 0 Å². The van der Waals surface area contributed by atoms with E-state index in [1.165, 1.54) is 12.1 Å². The molecule has 1 heterocycles. The van der Waals surface area contributed by atoms with Crippen molar-refractivity contribution in [2.45, 2.75) is 56.1 Å². The zero-order valence-electron chi connectivity index (χ0n) is 16.3. The number of carbonyl (C=O) groups is 1. The number of rotatable bonds is 6. The fourth-order valence-electron chi connectivity index (χ4n) is 3.29. The molecule has 9 nitrogen and oxygen atoms in total. The Kier molecular flexibility index (Phi) is 6.33. The minimum Gasteiger partial charge on any atom is -0.447 e. The highest BCUT2D eigenvalue weighted by molar-refractivity contribution is 7.89. The normalized spacial score (nSPS) is 19.2. The number of aromatic nitrogens is 2. The molecule has 1 fully saturated rings. The molecule has 0 bridgehead atoms. The van der Waals surface area contributed by atoms with E-state index in [2.05, 4.69) is 20.6 Å². The molecule has 0 saturated heterocycles. The fraction of sp³-hybridized carbons (Fsp3) is 0.421. The Morgan fingerprint density at radius 1 is 1.17 bits per heavy atom. The third kappa shape index (κ3) is 5.88. The molecule has 10 heteroatoms. The number of nitrogens with two attached hydrogens (primary N) is 1. The third-order valence-electron chi connectivity index (χ3n) is 4.64. The van der Waals surface area contributed by atoms with E-state index in [4.69, 9.17) is 9.88 Å². The van der Waals surface area contributed by atoms with Crippen LogP contribution < -0.4 is 15.8 Å². The molecular formula is C19H25N5O4S. The lowest BCUT2D eigenvalue weighted by Crippen LogP contribution is -2.34. The molecule has 1 saturated carbocycles. The lowest BCUT2D eigenvalue weighted by Gasteiger charge is -2.15. The van der Waals surface area contributed by atoms with E-state index in [-0.39, 0.29) is 29.1 Å². The summed E-state index contributed by atoms with van der Waals surface area (Å²) in [6.07, 6.45) is 5.42. The maximum absolute atomic E-state index is 11.7. The van der Waals surface area contributed by atoms with Crippen molar-refractivity contribution >= 4 is 27.6 Å². The van der Waals surface area contributed by atoms with Gasteiger partial charge in [-0.1, -0.05) is 0 Å². The Labute approximate surface area is 170 Å². The first-order valence-corrected chi connectivity index (χ1v) is 10.9. The van der Waals surface area contributed by atoms with Crippen molar-refractivity contribution in [3.05, 3.63) is 42.4 Å². The largest absolute Gasteiger partial charge is 0.447 e. The van der Waals surface area contributed by atoms with Gasteiger partial charge in [-0.05, 0) is 57.4 Å². The Morgan fingerprint density at radius 2 is 1.90 bits per heavy atom. The highest BCUT2D eigenvalue weighted by atomic mass is 32.2. The number of hydrogen-bond acceptors (Lipinski definition) is 7. The van der Waals surface area contributed by atoms with Crippen molar-refractivity contribution in [1.29, 1.82) is 0 Å². The van der Waals surface area contributed by atoms with Crippen molar-refractivity contribution in [2.75, 3.05) is 5.32 Å². The Hall–Kier alpha value is -2.72. The van der Waals surface area contributed by atoms with Crippen LogP contribution in [0.3, 0.4) is 0 Å². The highest BCUT2D eigenvalue weighted by Crippen LogP contribution is 2.33. The molecule has 2 aromatic rings. The van der Waals surface area contributed by atoms with Crippen LogP contribution >= 0.6 is 0 Å². The molecule has 1 aromatic carbocycles. The number of nitrogens with zero attached hydrogens (tertiary/aromatic N) is 2. The summed E-state index contributed by atoms with van der Waals surface area (Å²) in [7, 11) is -3.72. The Balaban J connectivity index is 1.56. The highest BCUT2D eigenvalue weighted by Gasteiger charge is 2.28. The van der Waals surface area contributed by atoms with Gasteiger partial charge in [-0.15, -0.1) is 0 Å². The van der Waals surface area contributed by atoms with Gasteiger partial charge in [0.1, 0.15) is 5.82 Å². The molecule has 0 aliphatic heterocycles. The lowest BCUT2D eigenvalue weighted by molar-refractivity contribution is 0.112. The second-order valence-electron chi connectivity index (χ2n) is 7.33. The maximum atomic E-state index is 11.7. The van der Waals surface area contributed by atoms with E-state index >= 15 is 0 Å². The molecule has 1 amide bonds. The van der Waals surface area contributed by atoms with Crippen LogP contribution in [-0.2, 0) is 14.8 Å². The minimum absolute atomic E-state index is 0.0474. The van der Waals surface area contributed by atoms with Crippen molar-refractivity contribution in [2.24, 2.45) is 5.14 Å². The molecule has 1 aromatic heterocycles. The second-order valence-corrected chi connectivity index (χ2v) is 8.89. The zero-order chi connectivity index (χ0) is 21.0. The van der Waals surface area contributed by atoms with Gasteiger partial charge in [0.2, 0.25) is 10.0 Å². The number of alkyl carbamates (subject to hydrolysis) is 1. The summed E-state index contributed by atoms with van der Waals surface area (Å²) in [5.41, 5.74) is 1.55. The van der Waals surface area contributed by atoms with E-state index in [9.17, 15) is 13.2 Å². The standard InChI is InChI=1S/C19H25N5O4S/c1-12(2)28-19(25)24-15-4-3-13(9-15)17-10-22-18(11-21-17)23-14-5-7-16(8-6-14)29(20,26)27/h5-8,10-13,15H,3-4,9H2,1-2H3,(H,22,23)(H,24,25)(H2,20,26,27)/t13-,15+/m1/s1. The van der Waals surface area contributed by atoms with Gasteiger partial charge in [0, 0.05) is 17.6 Å². The summed E-state index contributed by atoms with van der Waals surface area (Å²) in [5.74, 6) is 0.778. The van der Waals surface area contributed by atoms with E-state index in [1.54, 1.807) is 24.5 Å². The van der Waals surface area contributed by atoms with Crippen LogP contribution in [0.1, 0.15) is 44.7 Å². The van der Waals surface area contributed by atoms with Crippen molar-refractivity contribution < 1.29 is 17.9 Å². The molecule has 3 rings (SSSR count). The fourth-order valence-corrected chi connectivity index (χ4v) is 3.80. The number of hydrogen-bond donors (Lipinski definition) is 3. The molecule has 0 unspecified atom stereocenters. The van der Waals surface area contributed by atoms with Gasteiger partial charge in [-0.3, -0.25) is 4.98 Å². The number of sulfonamides is 1.